The minimum absolute atomic E-state index is 0.0422. The Morgan fingerprint density at radius 1 is 1.04 bits per heavy atom. The summed E-state index contributed by atoms with van der Waals surface area (Å²) in [6.45, 7) is 4.20. The van der Waals surface area contributed by atoms with E-state index in [-0.39, 0.29) is 23.7 Å². The molecule has 0 radical (unpaired) electrons. The first-order valence-corrected chi connectivity index (χ1v) is 9.42. The van der Waals surface area contributed by atoms with Crippen molar-refractivity contribution in [2.75, 3.05) is 53.4 Å². The molecule has 0 aromatic heterocycles. The molecule has 1 aliphatic carbocycles. The summed E-state index contributed by atoms with van der Waals surface area (Å²) in [6.07, 6.45) is 4.99. The molecule has 1 saturated heterocycles. The van der Waals surface area contributed by atoms with E-state index in [0.717, 1.165) is 51.6 Å². The molecule has 0 unspecified atom stereocenters. The first kappa shape index (κ1) is 19.7. The zero-order valence-electron chi connectivity index (χ0n) is 15.6. The Morgan fingerprint density at radius 2 is 1.64 bits per heavy atom. The van der Waals surface area contributed by atoms with E-state index in [1.54, 1.807) is 4.90 Å². The number of amides is 3. The topological polar surface area (TPSA) is 73.0 Å². The Hall–Kier alpha value is -1.63. The van der Waals surface area contributed by atoms with Crippen molar-refractivity contribution >= 4 is 18.2 Å². The fraction of sp³-hybridized carbons (Fsp3) is 0.833. The molecule has 2 aliphatic rings. The summed E-state index contributed by atoms with van der Waals surface area (Å²) in [7, 11) is 4.05. The standard InChI is InChI=1S/C18H32N4O3/c1-20(2)9-3-8-19-17(24)15-4-6-16(7-5-15)18(25)22-12-10-21(14-23)11-13-22/h14-16H,3-13H2,1-2H3,(H,19,24). The van der Waals surface area contributed by atoms with Gasteiger partial charge in [-0.05, 0) is 52.7 Å². The highest BCUT2D eigenvalue weighted by atomic mass is 16.2. The van der Waals surface area contributed by atoms with Gasteiger partial charge in [0.15, 0.2) is 0 Å². The van der Waals surface area contributed by atoms with Gasteiger partial charge in [0.05, 0.1) is 0 Å². The van der Waals surface area contributed by atoms with E-state index in [4.69, 9.17) is 0 Å². The number of rotatable bonds is 7. The predicted molar refractivity (Wildman–Crippen MR) is 95.8 cm³/mol. The highest BCUT2D eigenvalue weighted by molar-refractivity contribution is 5.81. The molecule has 0 bridgehead atoms. The lowest BCUT2D eigenvalue weighted by Gasteiger charge is -2.36. The van der Waals surface area contributed by atoms with Crippen LogP contribution >= 0.6 is 0 Å². The molecule has 142 valence electrons. The van der Waals surface area contributed by atoms with Crippen LogP contribution in [0.3, 0.4) is 0 Å². The molecule has 25 heavy (non-hydrogen) atoms. The van der Waals surface area contributed by atoms with Gasteiger partial charge in [0.1, 0.15) is 0 Å². The molecule has 0 spiro atoms. The third-order valence-electron chi connectivity index (χ3n) is 5.30. The number of piperazine rings is 1. The number of carbonyl (C=O) groups is 3. The lowest BCUT2D eigenvalue weighted by Crippen LogP contribution is -2.50. The maximum atomic E-state index is 12.6. The molecule has 0 aromatic rings. The summed E-state index contributed by atoms with van der Waals surface area (Å²) in [5, 5.41) is 3.03. The van der Waals surface area contributed by atoms with Crippen LogP contribution in [-0.4, -0.2) is 86.3 Å². The van der Waals surface area contributed by atoms with Crippen LogP contribution in [0.1, 0.15) is 32.1 Å². The van der Waals surface area contributed by atoms with Gasteiger partial charge in [-0.3, -0.25) is 14.4 Å². The first-order valence-electron chi connectivity index (χ1n) is 9.42. The number of hydrogen-bond donors (Lipinski definition) is 1. The molecule has 0 atom stereocenters. The Morgan fingerprint density at radius 3 is 2.20 bits per heavy atom. The summed E-state index contributed by atoms with van der Waals surface area (Å²) >= 11 is 0. The fourth-order valence-electron chi connectivity index (χ4n) is 3.66. The van der Waals surface area contributed by atoms with Crippen LogP contribution in [0.15, 0.2) is 0 Å². The van der Waals surface area contributed by atoms with Crippen molar-refractivity contribution in [2.45, 2.75) is 32.1 Å². The van der Waals surface area contributed by atoms with Crippen molar-refractivity contribution in [2.24, 2.45) is 11.8 Å². The number of nitrogens with zero attached hydrogens (tertiary/aromatic N) is 3. The highest BCUT2D eigenvalue weighted by Gasteiger charge is 2.33. The minimum Gasteiger partial charge on any atom is -0.356 e. The predicted octanol–water partition coefficient (Wildman–Crippen LogP) is 0.161. The molecule has 7 nitrogen and oxygen atoms in total. The van der Waals surface area contributed by atoms with Gasteiger partial charge >= 0.3 is 0 Å². The van der Waals surface area contributed by atoms with Crippen LogP contribution in [0.25, 0.3) is 0 Å². The van der Waals surface area contributed by atoms with Crippen molar-refractivity contribution in [1.82, 2.24) is 20.0 Å². The molecule has 3 amide bonds. The Bertz CT molecular complexity index is 453. The maximum absolute atomic E-state index is 12.6. The molecule has 0 aromatic carbocycles. The Balaban J connectivity index is 1.67. The Kier molecular flexibility index (Phi) is 7.68. The van der Waals surface area contributed by atoms with Crippen LogP contribution in [0.4, 0.5) is 0 Å². The summed E-state index contributed by atoms with van der Waals surface area (Å²) in [5.41, 5.74) is 0. The molecule has 1 saturated carbocycles. The number of hydrogen-bond acceptors (Lipinski definition) is 4. The molecule has 7 heteroatoms. The van der Waals surface area contributed by atoms with Gasteiger partial charge in [0.25, 0.3) is 0 Å². The second-order valence-electron chi connectivity index (χ2n) is 7.46. The average Bonchev–Trinajstić information content (AvgIpc) is 2.64. The van der Waals surface area contributed by atoms with Crippen molar-refractivity contribution in [1.29, 1.82) is 0 Å². The van der Waals surface area contributed by atoms with E-state index in [1.807, 2.05) is 19.0 Å². The summed E-state index contributed by atoms with van der Waals surface area (Å²) in [5.74, 6) is 0.440. The van der Waals surface area contributed by atoms with Crippen molar-refractivity contribution in [3.8, 4) is 0 Å². The molecule has 2 fully saturated rings. The van der Waals surface area contributed by atoms with Crippen LogP contribution < -0.4 is 5.32 Å². The largest absolute Gasteiger partial charge is 0.356 e. The molecular formula is C18H32N4O3. The van der Waals surface area contributed by atoms with Gasteiger partial charge < -0.3 is 20.0 Å². The van der Waals surface area contributed by atoms with Crippen LogP contribution in [0, 0.1) is 11.8 Å². The van der Waals surface area contributed by atoms with Crippen LogP contribution in [0.5, 0.6) is 0 Å². The summed E-state index contributed by atoms with van der Waals surface area (Å²) in [4.78, 5) is 41.3. The van der Waals surface area contributed by atoms with Crippen LogP contribution in [0.2, 0.25) is 0 Å². The van der Waals surface area contributed by atoms with E-state index in [9.17, 15) is 14.4 Å². The third kappa shape index (κ3) is 5.99. The second kappa shape index (κ2) is 9.75. The van der Waals surface area contributed by atoms with E-state index < -0.39 is 0 Å². The third-order valence-corrected chi connectivity index (χ3v) is 5.30. The molecular weight excluding hydrogens is 320 g/mol. The quantitative estimate of drug-likeness (QED) is 0.523. The van der Waals surface area contributed by atoms with E-state index in [0.29, 0.717) is 26.2 Å². The van der Waals surface area contributed by atoms with E-state index in [2.05, 4.69) is 10.2 Å². The first-order chi connectivity index (χ1) is 12.0. The Labute approximate surface area is 150 Å². The molecule has 1 aliphatic heterocycles. The normalized spacial score (nSPS) is 24.3. The van der Waals surface area contributed by atoms with Gasteiger partial charge in [-0.2, -0.15) is 0 Å². The molecule has 2 rings (SSSR count). The van der Waals surface area contributed by atoms with E-state index >= 15 is 0 Å². The zero-order valence-corrected chi connectivity index (χ0v) is 15.6. The smallest absolute Gasteiger partial charge is 0.225 e. The lowest BCUT2D eigenvalue weighted by molar-refractivity contribution is -0.141. The lowest BCUT2D eigenvalue weighted by atomic mass is 9.81. The van der Waals surface area contributed by atoms with Crippen molar-refractivity contribution in [3.63, 3.8) is 0 Å². The van der Waals surface area contributed by atoms with Gasteiger partial charge in [0.2, 0.25) is 18.2 Å². The van der Waals surface area contributed by atoms with Gasteiger partial charge in [0, 0.05) is 44.6 Å². The van der Waals surface area contributed by atoms with Crippen LogP contribution in [-0.2, 0) is 14.4 Å². The van der Waals surface area contributed by atoms with Gasteiger partial charge in [-0.25, -0.2) is 0 Å². The number of carbonyl (C=O) groups excluding carboxylic acids is 3. The SMILES string of the molecule is CN(C)CCCNC(=O)C1CCC(C(=O)N2CCN(C=O)CC2)CC1. The van der Waals surface area contributed by atoms with Gasteiger partial charge in [-0.1, -0.05) is 0 Å². The van der Waals surface area contributed by atoms with Gasteiger partial charge in [-0.15, -0.1) is 0 Å². The maximum Gasteiger partial charge on any atom is 0.225 e. The monoisotopic (exact) mass is 352 g/mol. The van der Waals surface area contributed by atoms with Crippen molar-refractivity contribution in [3.05, 3.63) is 0 Å². The fourth-order valence-corrected chi connectivity index (χ4v) is 3.66. The molecule has 1 N–H and O–H groups in total. The summed E-state index contributed by atoms with van der Waals surface area (Å²) in [6, 6.07) is 0. The molecule has 1 heterocycles. The number of nitrogens with one attached hydrogen (secondary N) is 1. The second-order valence-corrected chi connectivity index (χ2v) is 7.46. The minimum atomic E-state index is 0.0422. The van der Waals surface area contributed by atoms with E-state index in [1.165, 1.54) is 0 Å². The summed E-state index contributed by atoms with van der Waals surface area (Å²) < 4.78 is 0. The van der Waals surface area contributed by atoms with Crippen molar-refractivity contribution < 1.29 is 14.4 Å². The highest BCUT2D eigenvalue weighted by Crippen LogP contribution is 2.30. The average molecular weight is 352 g/mol. The zero-order chi connectivity index (χ0) is 18.2.